The number of aliphatic hydroxyl groups is 1. The molecule has 2 aromatic carbocycles. The minimum atomic E-state index is -0.604. The summed E-state index contributed by atoms with van der Waals surface area (Å²) in [6.45, 7) is 0.910. The number of aliphatic hydroxyl groups excluding tert-OH is 1. The first-order valence-corrected chi connectivity index (χ1v) is 10.2. The molecule has 0 atom stereocenters. The van der Waals surface area contributed by atoms with Gasteiger partial charge in [-0.15, -0.1) is 10.2 Å². The number of nitrogens with zero attached hydrogens (tertiary/aromatic N) is 6. The lowest BCUT2D eigenvalue weighted by Gasteiger charge is -2.22. The van der Waals surface area contributed by atoms with Crippen molar-refractivity contribution in [3.05, 3.63) is 50.5 Å². The van der Waals surface area contributed by atoms with E-state index in [1.165, 1.54) is 0 Å². The van der Waals surface area contributed by atoms with Gasteiger partial charge in [-0.2, -0.15) is 5.26 Å². The predicted molar refractivity (Wildman–Crippen MR) is 116 cm³/mol. The highest BCUT2D eigenvalue weighted by atomic mass is 35.5. The summed E-state index contributed by atoms with van der Waals surface area (Å²) < 4.78 is 0.373. The number of nitro benzene ring substituents is 1. The molecule has 0 spiro atoms. The molecule has 0 saturated carbocycles. The van der Waals surface area contributed by atoms with E-state index in [0.717, 1.165) is 23.1 Å². The van der Waals surface area contributed by atoms with Gasteiger partial charge in [-0.3, -0.25) is 10.1 Å². The highest BCUT2D eigenvalue weighted by Crippen LogP contribution is 2.42. The first kappa shape index (κ1) is 21.9. The van der Waals surface area contributed by atoms with Gasteiger partial charge in [-0.1, -0.05) is 34.5 Å². The molecule has 9 nitrogen and oxygen atoms in total. The molecule has 1 aromatic heterocycles. The predicted octanol–water partition coefficient (Wildman–Crippen LogP) is 5.64. The van der Waals surface area contributed by atoms with Gasteiger partial charge in [0, 0.05) is 24.8 Å². The average molecular weight is 465 g/mol. The molecule has 3 rings (SSSR count). The molecule has 154 valence electrons. The number of benzene rings is 2. The van der Waals surface area contributed by atoms with E-state index < -0.39 is 4.92 Å². The van der Waals surface area contributed by atoms with E-state index >= 15 is 0 Å². The summed E-state index contributed by atoms with van der Waals surface area (Å²) in [6, 6.07) is 10.4. The monoisotopic (exact) mass is 464 g/mol. The van der Waals surface area contributed by atoms with Crippen molar-refractivity contribution in [1.82, 2.24) is 4.98 Å². The van der Waals surface area contributed by atoms with Crippen LogP contribution in [0.4, 0.5) is 22.2 Å². The van der Waals surface area contributed by atoms with Crippen molar-refractivity contribution in [3.8, 4) is 6.07 Å². The summed E-state index contributed by atoms with van der Waals surface area (Å²) in [7, 11) is 0. The summed E-state index contributed by atoms with van der Waals surface area (Å²) in [5.74, 6) is 0. The molecule has 0 saturated heterocycles. The average Bonchev–Trinajstić information content (AvgIpc) is 3.18. The van der Waals surface area contributed by atoms with Crippen LogP contribution in [0.3, 0.4) is 0 Å². The number of rotatable bonds is 8. The fourth-order valence-electron chi connectivity index (χ4n) is 2.67. The second-order valence-electron chi connectivity index (χ2n) is 5.96. The smallest absolute Gasteiger partial charge is 0.290 e. The van der Waals surface area contributed by atoms with Crippen molar-refractivity contribution in [2.45, 2.75) is 6.42 Å². The van der Waals surface area contributed by atoms with Crippen molar-refractivity contribution in [2.24, 2.45) is 10.2 Å². The van der Waals surface area contributed by atoms with E-state index in [2.05, 4.69) is 21.3 Å². The van der Waals surface area contributed by atoms with Crippen molar-refractivity contribution >= 4 is 66.9 Å². The van der Waals surface area contributed by atoms with E-state index in [9.17, 15) is 15.2 Å². The van der Waals surface area contributed by atoms with Gasteiger partial charge < -0.3 is 10.0 Å². The molecule has 1 N–H and O–H groups in total. The molecule has 0 aliphatic heterocycles. The van der Waals surface area contributed by atoms with Gasteiger partial charge in [0.05, 0.1) is 39.4 Å². The standard InChI is InChI=1S/C18H14Cl2N6O3S/c19-13-10-14(26(28)29)15(20)17-16(13)22-18(30-17)24-23-11-2-4-12(5-3-11)25(8-9-27)7-1-6-21/h2-5,10,27H,1,7-9H2. The van der Waals surface area contributed by atoms with Gasteiger partial charge in [0.1, 0.15) is 10.5 Å². The molecule has 0 unspecified atom stereocenters. The first-order valence-electron chi connectivity index (χ1n) is 8.62. The molecule has 30 heavy (non-hydrogen) atoms. The zero-order valence-electron chi connectivity index (χ0n) is 15.3. The third kappa shape index (κ3) is 4.83. The van der Waals surface area contributed by atoms with Crippen LogP contribution < -0.4 is 4.90 Å². The Labute approximate surface area is 185 Å². The Kier molecular flexibility index (Phi) is 7.12. The maximum atomic E-state index is 11.1. The highest BCUT2D eigenvalue weighted by Gasteiger charge is 2.21. The molecular weight excluding hydrogens is 451 g/mol. The number of fused-ring (bicyclic) bond motifs is 1. The zero-order chi connectivity index (χ0) is 21.7. The molecular formula is C18H14Cl2N6O3S. The summed E-state index contributed by atoms with van der Waals surface area (Å²) in [5, 5.41) is 37.6. The summed E-state index contributed by atoms with van der Waals surface area (Å²) in [4.78, 5) is 16.6. The van der Waals surface area contributed by atoms with Crippen molar-refractivity contribution < 1.29 is 10.0 Å². The number of nitro groups is 1. The minimum absolute atomic E-state index is 0.0201. The number of aromatic nitrogens is 1. The van der Waals surface area contributed by atoms with Crippen LogP contribution in [0.1, 0.15) is 6.42 Å². The number of halogens is 2. The molecule has 12 heteroatoms. The van der Waals surface area contributed by atoms with Crippen molar-refractivity contribution in [2.75, 3.05) is 24.6 Å². The van der Waals surface area contributed by atoms with Gasteiger partial charge >= 0.3 is 0 Å². The second kappa shape index (κ2) is 9.77. The third-order valence-electron chi connectivity index (χ3n) is 4.06. The summed E-state index contributed by atoms with van der Waals surface area (Å²) in [6.07, 6.45) is 0.350. The lowest BCUT2D eigenvalue weighted by molar-refractivity contribution is -0.384. The molecule has 0 amide bonds. The van der Waals surface area contributed by atoms with Crippen LogP contribution in [0.2, 0.25) is 10.0 Å². The maximum absolute atomic E-state index is 11.1. The van der Waals surface area contributed by atoms with Crippen LogP contribution in [0.25, 0.3) is 10.2 Å². The van der Waals surface area contributed by atoms with Crippen LogP contribution in [0.5, 0.6) is 0 Å². The van der Waals surface area contributed by atoms with Gasteiger partial charge in [-0.25, -0.2) is 4.98 Å². The second-order valence-corrected chi connectivity index (χ2v) is 7.72. The number of nitriles is 1. The Hall–Kier alpha value is -2.84. The number of azo groups is 1. The normalized spacial score (nSPS) is 11.1. The summed E-state index contributed by atoms with van der Waals surface area (Å²) >= 11 is 13.2. The van der Waals surface area contributed by atoms with Crippen LogP contribution in [-0.4, -0.2) is 34.7 Å². The topological polar surface area (TPSA) is 128 Å². The van der Waals surface area contributed by atoms with E-state index in [1.807, 2.05) is 17.0 Å². The molecule has 3 aromatic rings. The largest absolute Gasteiger partial charge is 0.395 e. The number of anilines is 1. The van der Waals surface area contributed by atoms with E-state index in [-0.39, 0.29) is 27.5 Å². The first-order chi connectivity index (χ1) is 14.4. The fraction of sp³-hybridized carbons (Fsp3) is 0.222. The number of hydrogen-bond acceptors (Lipinski definition) is 9. The lowest BCUT2D eigenvalue weighted by Crippen LogP contribution is -2.27. The molecule has 1 heterocycles. The van der Waals surface area contributed by atoms with Gasteiger partial charge in [0.25, 0.3) is 5.69 Å². The quantitative estimate of drug-likeness (QED) is 0.261. The zero-order valence-corrected chi connectivity index (χ0v) is 17.7. The Balaban J connectivity index is 1.83. The third-order valence-corrected chi connectivity index (χ3v) is 5.80. The van der Waals surface area contributed by atoms with Gasteiger partial charge in [0.15, 0.2) is 0 Å². The Morgan fingerprint density at radius 1 is 1.27 bits per heavy atom. The van der Waals surface area contributed by atoms with E-state index in [0.29, 0.717) is 35.4 Å². The van der Waals surface area contributed by atoms with Crippen molar-refractivity contribution in [3.63, 3.8) is 0 Å². The van der Waals surface area contributed by atoms with Crippen LogP contribution in [0, 0.1) is 21.4 Å². The van der Waals surface area contributed by atoms with E-state index in [1.54, 1.807) is 12.1 Å². The SMILES string of the molecule is N#CCCN(CCO)c1ccc(N=Nc2nc3c(Cl)cc([N+](=O)[O-])c(Cl)c3s2)cc1. The molecule has 0 aliphatic rings. The molecule has 0 radical (unpaired) electrons. The van der Waals surface area contributed by atoms with Crippen LogP contribution in [0.15, 0.2) is 40.6 Å². The van der Waals surface area contributed by atoms with E-state index in [4.69, 9.17) is 28.5 Å². The molecule has 0 aliphatic carbocycles. The van der Waals surface area contributed by atoms with Crippen LogP contribution >= 0.6 is 34.5 Å². The van der Waals surface area contributed by atoms with Gasteiger partial charge in [0.2, 0.25) is 5.13 Å². The Morgan fingerprint density at radius 3 is 2.63 bits per heavy atom. The Morgan fingerprint density at radius 2 is 2.00 bits per heavy atom. The van der Waals surface area contributed by atoms with Crippen molar-refractivity contribution in [1.29, 1.82) is 5.26 Å². The van der Waals surface area contributed by atoms with Gasteiger partial charge in [-0.05, 0) is 24.3 Å². The minimum Gasteiger partial charge on any atom is -0.395 e. The maximum Gasteiger partial charge on any atom is 0.290 e. The highest BCUT2D eigenvalue weighted by molar-refractivity contribution is 7.22. The molecule has 0 bridgehead atoms. The fourth-order valence-corrected chi connectivity index (χ4v) is 4.14. The molecule has 0 fully saturated rings. The Bertz CT molecular complexity index is 1140. The number of hydrogen-bond donors (Lipinski definition) is 1. The number of thiazole rings is 1. The summed E-state index contributed by atoms with van der Waals surface area (Å²) in [5.41, 5.74) is 1.45. The van der Waals surface area contributed by atoms with Crippen LogP contribution in [-0.2, 0) is 0 Å². The lowest BCUT2D eigenvalue weighted by atomic mass is 10.2.